The average molecular weight is 555 g/mol. The number of carbonyl (C=O) groups is 1. The third-order valence-corrected chi connectivity index (χ3v) is 7.15. The summed E-state index contributed by atoms with van der Waals surface area (Å²) in [5.41, 5.74) is 0.555. The molecule has 0 saturated carbocycles. The number of fused-ring (bicyclic) bond motifs is 1. The fraction of sp³-hybridized carbons (Fsp3) is 0.423. The van der Waals surface area contributed by atoms with E-state index in [9.17, 15) is 9.90 Å². The van der Waals surface area contributed by atoms with Gasteiger partial charge >= 0.3 is 5.92 Å². The lowest BCUT2D eigenvalue weighted by Gasteiger charge is -2.30. The number of hydrogen-bond donors (Lipinski definition) is 2. The number of aliphatic hydroxyl groups is 1. The Kier molecular flexibility index (Phi) is 7.60. The number of aliphatic hydroxyl groups excluding tert-OH is 1. The van der Waals surface area contributed by atoms with E-state index in [4.69, 9.17) is 37.1 Å². The number of carbonyl (C=O) groups excluding carboxylic acids is 1. The molecule has 3 aromatic rings. The summed E-state index contributed by atoms with van der Waals surface area (Å²) in [5, 5.41) is 14.5. The van der Waals surface area contributed by atoms with E-state index in [1.54, 1.807) is 12.1 Å². The van der Waals surface area contributed by atoms with E-state index in [0.29, 0.717) is 34.9 Å². The fourth-order valence-corrected chi connectivity index (χ4v) is 4.91. The Balaban J connectivity index is 1.36. The predicted octanol–water partition coefficient (Wildman–Crippen LogP) is 4.92. The summed E-state index contributed by atoms with van der Waals surface area (Å²) in [5.74, 6) is -5.92. The molecule has 2 atom stereocenters. The number of hydrogen-bond acceptors (Lipinski definition) is 6. The summed E-state index contributed by atoms with van der Waals surface area (Å²) < 4.78 is 46.5. The van der Waals surface area contributed by atoms with Gasteiger partial charge in [-0.25, -0.2) is 0 Å². The quantitative estimate of drug-likeness (QED) is 0.390. The van der Waals surface area contributed by atoms with Gasteiger partial charge in [-0.15, -0.1) is 0 Å². The van der Waals surface area contributed by atoms with Crippen LogP contribution in [0.1, 0.15) is 30.3 Å². The number of alkyl halides is 2. The smallest absolute Gasteiger partial charge is 0.380 e. The topological polar surface area (TPSA) is 84.2 Å². The summed E-state index contributed by atoms with van der Waals surface area (Å²) in [6, 6.07) is 9.26. The molecule has 0 aliphatic carbocycles. The number of furan rings is 1. The lowest BCUT2D eigenvalue weighted by molar-refractivity contribution is -0.151. The number of halogens is 4. The van der Waals surface area contributed by atoms with Crippen molar-refractivity contribution in [3.8, 4) is 5.75 Å². The Morgan fingerprint density at radius 2 is 1.92 bits per heavy atom. The highest BCUT2D eigenvalue weighted by molar-refractivity contribution is 6.32. The van der Waals surface area contributed by atoms with Crippen molar-refractivity contribution in [3.63, 3.8) is 0 Å². The minimum Gasteiger partial charge on any atom is -0.484 e. The number of amides is 1. The molecule has 37 heavy (non-hydrogen) atoms. The van der Waals surface area contributed by atoms with Crippen molar-refractivity contribution in [3.05, 3.63) is 63.8 Å². The van der Waals surface area contributed by atoms with E-state index < -0.39 is 29.7 Å². The van der Waals surface area contributed by atoms with Gasteiger partial charge in [0.05, 0.1) is 24.3 Å². The van der Waals surface area contributed by atoms with Gasteiger partial charge in [0.1, 0.15) is 23.5 Å². The number of nitrogens with zero attached hydrogens (tertiary/aromatic N) is 1. The molecular formula is C26H26Cl2F2N2O5. The van der Waals surface area contributed by atoms with Crippen molar-refractivity contribution in [2.75, 3.05) is 32.8 Å². The lowest BCUT2D eigenvalue weighted by atomic mass is 10.0. The number of benzene rings is 2. The highest BCUT2D eigenvalue weighted by atomic mass is 35.5. The highest BCUT2D eigenvalue weighted by Gasteiger charge is 2.46. The Hall–Kier alpha value is -2.43. The van der Waals surface area contributed by atoms with Crippen LogP contribution in [-0.2, 0) is 15.5 Å². The van der Waals surface area contributed by atoms with Crippen molar-refractivity contribution < 1.29 is 32.6 Å². The molecule has 198 valence electrons. The zero-order valence-electron chi connectivity index (χ0n) is 19.8. The second-order valence-electron chi connectivity index (χ2n) is 9.37. The second kappa shape index (κ2) is 10.7. The molecule has 1 amide bonds. The molecule has 2 unspecified atom stereocenters. The van der Waals surface area contributed by atoms with Gasteiger partial charge in [-0.2, -0.15) is 8.78 Å². The van der Waals surface area contributed by atoms with Gasteiger partial charge in [-0.05, 0) is 67.9 Å². The largest absolute Gasteiger partial charge is 0.484 e. The van der Waals surface area contributed by atoms with Gasteiger partial charge < -0.3 is 29.2 Å². The molecule has 2 fully saturated rings. The summed E-state index contributed by atoms with van der Waals surface area (Å²) in [4.78, 5) is 14.9. The van der Waals surface area contributed by atoms with Crippen molar-refractivity contribution in [2.45, 2.75) is 37.0 Å². The monoisotopic (exact) mass is 554 g/mol. The molecule has 0 spiro atoms. The van der Waals surface area contributed by atoms with Crippen molar-refractivity contribution >= 4 is 40.1 Å². The molecule has 1 aromatic heterocycles. The van der Waals surface area contributed by atoms with Crippen LogP contribution in [0.4, 0.5) is 8.78 Å². The molecule has 2 aliphatic heterocycles. The van der Waals surface area contributed by atoms with E-state index in [2.05, 4.69) is 5.32 Å². The summed E-state index contributed by atoms with van der Waals surface area (Å²) in [7, 11) is 0. The van der Waals surface area contributed by atoms with Crippen LogP contribution >= 0.6 is 23.2 Å². The summed E-state index contributed by atoms with van der Waals surface area (Å²) in [6.07, 6.45) is 0.523. The van der Waals surface area contributed by atoms with Gasteiger partial charge in [0.25, 0.3) is 5.91 Å². The maximum atomic E-state index is 15.2. The zero-order chi connectivity index (χ0) is 26.2. The zero-order valence-corrected chi connectivity index (χ0v) is 21.3. The maximum absolute atomic E-state index is 15.2. The van der Waals surface area contributed by atoms with Crippen LogP contribution in [0.25, 0.3) is 11.0 Å². The van der Waals surface area contributed by atoms with Gasteiger partial charge in [-0.3, -0.25) is 4.79 Å². The minimum atomic E-state index is -3.98. The SMILES string of the molecule is O=C(NC(CN1CCCC1)C(O)c1ccc(OC2COC2)c(Cl)c1)C(F)(F)c1cc2cc(Cl)ccc2o1. The van der Waals surface area contributed by atoms with Crippen LogP contribution in [0.3, 0.4) is 0 Å². The van der Waals surface area contributed by atoms with Crippen LogP contribution in [0.15, 0.2) is 46.9 Å². The van der Waals surface area contributed by atoms with E-state index in [1.165, 1.54) is 24.3 Å². The second-order valence-corrected chi connectivity index (χ2v) is 10.2. The molecule has 11 heteroatoms. The number of rotatable bonds is 9. The number of nitrogens with one attached hydrogen (secondary N) is 1. The molecule has 7 nitrogen and oxygen atoms in total. The van der Waals surface area contributed by atoms with Crippen LogP contribution in [0.5, 0.6) is 5.75 Å². The Labute approximate surface area is 222 Å². The van der Waals surface area contributed by atoms with Crippen molar-refractivity contribution in [1.82, 2.24) is 10.2 Å². The normalized spacial score (nSPS) is 18.5. The summed E-state index contributed by atoms with van der Waals surface area (Å²) >= 11 is 12.3. The lowest BCUT2D eigenvalue weighted by Crippen LogP contribution is -2.50. The molecule has 2 saturated heterocycles. The van der Waals surface area contributed by atoms with E-state index in [1.807, 2.05) is 4.90 Å². The maximum Gasteiger partial charge on any atom is 0.380 e. The first-order valence-electron chi connectivity index (χ1n) is 12.0. The minimum absolute atomic E-state index is 0.0908. The molecule has 3 heterocycles. The van der Waals surface area contributed by atoms with E-state index in [-0.39, 0.29) is 23.3 Å². The first-order chi connectivity index (χ1) is 17.7. The van der Waals surface area contributed by atoms with Crippen molar-refractivity contribution in [2.24, 2.45) is 0 Å². The van der Waals surface area contributed by atoms with E-state index >= 15 is 8.78 Å². The molecule has 2 aromatic carbocycles. The molecule has 5 rings (SSSR count). The highest BCUT2D eigenvalue weighted by Crippen LogP contribution is 2.35. The van der Waals surface area contributed by atoms with Crippen LogP contribution < -0.4 is 10.1 Å². The first-order valence-corrected chi connectivity index (χ1v) is 12.8. The van der Waals surface area contributed by atoms with Gasteiger partial charge in [0, 0.05) is 17.0 Å². The van der Waals surface area contributed by atoms with Crippen LogP contribution in [0, 0.1) is 0 Å². The Morgan fingerprint density at radius 1 is 1.16 bits per heavy atom. The van der Waals surface area contributed by atoms with Gasteiger partial charge in [-0.1, -0.05) is 29.3 Å². The average Bonchev–Trinajstić information content (AvgIpc) is 3.51. The molecular weight excluding hydrogens is 529 g/mol. The third-order valence-electron chi connectivity index (χ3n) is 6.62. The Morgan fingerprint density at radius 3 is 2.59 bits per heavy atom. The third kappa shape index (κ3) is 5.71. The summed E-state index contributed by atoms with van der Waals surface area (Å²) in [6.45, 7) is 2.62. The van der Waals surface area contributed by atoms with E-state index in [0.717, 1.165) is 32.0 Å². The molecule has 0 bridgehead atoms. The molecule has 2 N–H and O–H groups in total. The van der Waals surface area contributed by atoms with Crippen molar-refractivity contribution in [1.29, 1.82) is 0 Å². The number of likely N-dealkylation sites (tertiary alicyclic amines) is 1. The number of ether oxygens (including phenoxy) is 2. The van der Waals surface area contributed by atoms with Gasteiger partial charge in [0.2, 0.25) is 0 Å². The molecule has 2 aliphatic rings. The first kappa shape index (κ1) is 26.2. The van der Waals surface area contributed by atoms with Crippen LogP contribution in [0.2, 0.25) is 10.0 Å². The molecule has 0 radical (unpaired) electrons. The predicted molar refractivity (Wildman–Crippen MR) is 134 cm³/mol. The standard InChI is InChI=1S/C26H26Cl2F2N2O5/c27-17-4-6-21-16(9-17)11-23(37-21)26(29,30)25(34)31-20(12-32-7-1-2-8-32)24(33)15-3-5-22(19(28)10-15)36-18-13-35-14-18/h3-6,9-11,18,20,24,33H,1-2,7-8,12-14H2,(H,31,34). The fourth-order valence-electron chi connectivity index (χ4n) is 4.50. The van der Waals surface area contributed by atoms with Gasteiger partial charge in [0.15, 0.2) is 5.76 Å². The van der Waals surface area contributed by atoms with Crippen LogP contribution in [-0.4, -0.2) is 60.9 Å². The Bertz CT molecular complexity index is 1280.